The van der Waals surface area contributed by atoms with Crippen molar-refractivity contribution in [1.82, 2.24) is 19.4 Å². The van der Waals surface area contributed by atoms with Crippen LogP contribution >= 0.6 is 0 Å². The molecule has 2 rings (SSSR count). The van der Waals surface area contributed by atoms with Gasteiger partial charge in [-0.2, -0.15) is 0 Å². The van der Waals surface area contributed by atoms with Crippen LogP contribution in [0.3, 0.4) is 0 Å². The Morgan fingerprint density at radius 2 is 2.00 bits per heavy atom. The maximum absolute atomic E-state index is 12.2. The highest BCUT2D eigenvalue weighted by molar-refractivity contribution is 5.75. The van der Waals surface area contributed by atoms with E-state index in [4.69, 9.17) is 4.74 Å². The molecule has 134 valence electrons. The Balaban J connectivity index is 1.98. The first-order chi connectivity index (χ1) is 11.4. The number of carbonyl (C=O) groups excluding carboxylic acids is 1. The summed E-state index contributed by atoms with van der Waals surface area (Å²) in [6.45, 7) is 7.73. The first-order valence-corrected chi connectivity index (χ1v) is 8.23. The van der Waals surface area contributed by atoms with Gasteiger partial charge in [-0.05, 0) is 13.3 Å². The summed E-state index contributed by atoms with van der Waals surface area (Å²) >= 11 is 0. The molecule has 1 amide bonds. The number of nitrogens with one attached hydrogen (secondary N) is 1. The van der Waals surface area contributed by atoms with Crippen molar-refractivity contribution >= 4 is 5.91 Å². The average Bonchev–Trinajstić information content (AvgIpc) is 2.61. The smallest absolute Gasteiger partial charge is 0.331 e. The van der Waals surface area contributed by atoms with Gasteiger partial charge < -0.3 is 10.1 Å². The van der Waals surface area contributed by atoms with Crippen molar-refractivity contribution < 1.29 is 9.53 Å². The van der Waals surface area contributed by atoms with Crippen LogP contribution in [-0.2, 0) is 23.1 Å². The van der Waals surface area contributed by atoms with Gasteiger partial charge in [0.15, 0.2) is 0 Å². The van der Waals surface area contributed by atoms with Crippen molar-refractivity contribution in [3.05, 3.63) is 33.1 Å². The van der Waals surface area contributed by atoms with Gasteiger partial charge in [-0.1, -0.05) is 6.92 Å². The van der Waals surface area contributed by atoms with Crippen LogP contribution in [0.15, 0.2) is 21.9 Å². The minimum atomic E-state index is -0.496. The zero-order chi connectivity index (χ0) is 17.7. The molecule has 2 heterocycles. The van der Waals surface area contributed by atoms with Crippen LogP contribution in [0.2, 0.25) is 0 Å². The molecule has 0 spiro atoms. The molecule has 1 aromatic heterocycles. The van der Waals surface area contributed by atoms with Gasteiger partial charge in [-0.15, -0.1) is 0 Å². The number of morpholine rings is 1. The highest BCUT2D eigenvalue weighted by atomic mass is 16.5. The molecule has 1 unspecified atom stereocenters. The Morgan fingerprint density at radius 3 is 2.62 bits per heavy atom. The molecule has 0 saturated carbocycles. The molecule has 1 saturated heterocycles. The minimum absolute atomic E-state index is 0.101. The summed E-state index contributed by atoms with van der Waals surface area (Å²) in [6, 6.07) is 1.28. The molecule has 1 aliphatic heterocycles. The van der Waals surface area contributed by atoms with Crippen LogP contribution in [0, 0.1) is 0 Å². The van der Waals surface area contributed by atoms with Gasteiger partial charge in [0.1, 0.15) is 6.54 Å². The molecule has 1 atom stereocenters. The molecule has 0 aliphatic carbocycles. The molecule has 1 aliphatic rings. The number of ether oxygens (including phenoxy) is 1. The molecule has 8 heteroatoms. The van der Waals surface area contributed by atoms with E-state index < -0.39 is 5.69 Å². The van der Waals surface area contributed by atoms with E-state index in [-0.39, 0.29) is 23.6 Å². The van der Waals surface area contributed by atoms with E-state index >= 15 is 0 Å². The van der Waals surface area contributed by atoms with Crippen molar-refractivity contribution in [2.75, 3.05) is 32.8 Å². The van der Waals surface area contributed by atoms with Crippen molar-refractivity contribution in [3.63, 3.8) is 0 Å². The second-order valence-electron chi connectivity index (χ2n) is 6.35. The highest BCUT2D eigenvalue weighted by Crippen LogP contribution is 2.19. The monoisotopic (exact) mass is 338 g/mol. The quantitative estimate of drug-likeness (QED) is 0.731. The predicted molar refractivity (Wildman–Crippen MR) is 90.0 cm³/mol. The lowest BCUT2D eigenvalue weighted by molar-refractivity contribution is -0.122. The Labute approximate surface area is 141 Å². The lowest BCUT2D eigenvalue weighted by Crippen LogP contribution is -2.57. The van der Waals surface area contributed by atoms with Gasteiger partial charge in [0, 0.05) is 44.5 Å². The Kier molecular flexibility index (Phi) is 5.95. The summed E-state index contributed by atoms with van der Waals surface area (Å²) in [5.41, 5.74) is -1.03. The maximum atomic E-state index is 12.2. The van der Waals surface area contributed by atoms with Crippen LogP contribution in [-0.4, -0.2) is 58.3 Å². The molecule has 0 bridgehead atoms. The zero-order valence-corrected chi connectivity index (χ0v) is 14.6. The van der Waals surface area contributed by atoms with Crippen molar-refractivity contribution in [1.29, 1.82) is 0 Å². The van der Waals surface area contributed by atoms with Gasteiger partial charge in [0.25, 0.3) is 5.56 Å². The first-order valence-electron chi connectivity index (χ1n) is 8.23. The third-order valence-corrected chi connectivity index (χ3v) is 4.78. The normalized spacial score (nSPS) is 18.1. The Bertz CT molecular complexity index is 690. The highest BCUT2D eigenvalue weighted by Gasteiger charge is 2.31. The molecule has 1 aromatic rings. The average molecular weight is 338 g/mol. The molecule has 24 heavy (non-hydrogen) atoms. The van der Waals surface area contributed by atoms with Crippen LogP contribution < -0.4 is 16.6 Å². The number of nitrogens with zero attached hydrogens (tertiary/aromatic N) is 3. The number of rotatable bonds is 6. The molecule has 1 fully saturated rings. The topological polar surface area (TPSA) is 85.6 Å². The summed E-state index contributed by atoms with van der Waals surface area (Å²) in [7, 11) is 1.39. The summed E-state index contributed by atoms with van der Waals surface area (Å²) in [6.07, 6.45) is 2.25. The molecule has 1 N–H and O–H groups in total. The van der Waals surface area contributed by atoms with Crippen LogP contribution in [0.1, 0.15) is 20.3 Å². The van der Waals surface area contributed by atoms with Gasteiger partial charge in [0.2, 0.25) is 5.91 Å². The van der Waals surface area contributed by atoms with Gasteiger partial charge in [-0.3, -0.25) is 23.6 Å². The van der Waals surface area contributed by atoms with Crippen molar-refractivity contribution in [2.45, 2.75) is 32.4 Å². The first kappa shape index (κ1) is 18.4. The standard InChI is InChI=1S/C16H26N4O4/c1-4-16(2,20-7-9-24-10-8-20)12-17-13(21)11-19-6-5-14(22)18(3)15(19)23/h5-6H,4,7-12H2,1-3H3,(H,17,21). The lowest BCUT2D eigenvalue weighted by atomic mass is 9.95. The maximum Gasteiger partial charge on any atom is 0.331 e. The van der Waals surface area contributed by atoms with E-state index in [0.29, 0.717) is 19.8 Å². The van der Waals surface area contributed by atoms with E-state index in [9.17, 15) is 14.4 Å². The number of hydrogen-bond acceptors (Lipinski definition) is 5. The largest absolute Gasteiger partial charge is 0.379 e. The SMILES string of the molecule is CCC(C)(CNC(=O)Cn1ccc(=O)n(C)c1=O)N1CCOCC1. The van der Waals surface area contributed by atoms with Crippen molar-refractivity contribution in [2.24, 2.45) is 7.05 Å². The van der Waals surface area contributed by atoms with Crippen LogP contribution in [0.4, 0.5) is 0 Å². The zero-order valence-electron chi connectivity index (χ0n) is 14.6. The van der Waals surface area contributed by atoms with Crippen LogP contribution in [0.25, 0.3) is 0 Å². The number of amides is 1. The predicted octanol–water partition coefficient (Wildman–Crippen LogP) is -0.836. The van der Waals surface area contributed by atoms with E-state index in [2.05, 4.69) is 24.1 Å². The van der Waals surface area contributed by atoms with Gasteiger partial charge >= 0.3 is 5.69 Å². The second kappa shape index (κ2) is 7.76. The number of carbonyl (C=O) groups is 1. The third-order valence-electron chi connectivity index (χ3n) is 4.78. The number of hydrogen-bond donors (Lipinski definition) is 1. The fourth-order valence-electron chi connectivity index (χ4n) is 2.80. The Hall–Kier alpha value is -1.93. The molecule has 0 aromatic carbocycles. The van der Waals surface area contributed by atoms with E-state index in [1.54, 1.807) is 0 Å². The summed E-state index contributed by atoms with van der Waals surface area (Å²) in [5, 5.41) is 2.91. The fourth-order valence-corrected chi connectivity index (χ4v) is 2.80. The summed E-state index contributed by atoms with van der Waals surface area (Å²) < 4.78 is 7.60. The summed E-state index contributed by atoms with van der Waals surface area (Å²) in [5.74, 6) is -0.247. The molecular formula is C16H26N4O4. The van der Waals surface area contributed by atoms with E-state index in [0.717, 1.165) is 24.1 Å². The third kappa shape index (κ3) is 4.12. The number of aromatic nitrogens is 2. The summed E-state index contributed by atoms with van der Waals surface area (Å²) in [4.78, 5) is 37.9. The second-order valence-corrected chi connectivity index (χ2v) is 6.35. The fraction of sp³-hybridized carbons (Fsp3) is 0.688. The van der Waals surface area contributed by atoms with E-state index in [1.165, 1.54) is 23.9 Å². The molecule has 0 radical (unpaired) electrons. The van der Waals surface area contributed by atoms with Crippen molar-refractivity contribution in [3.8, 4) is 0 Å². The lowest BCUT2D eigenvalue weighted by Gasteiger charge is -2.43. The molecule has 8 nitrogen and oxygen atoms in total. The van der Waals surface area contributed by atoms with Gasteiger partial charge in [0.05, 0.1) is 13.2 Å². The van der Waals surface area contributed by atoms with Crippen LogP contribution in [0.5, 0.6) is 0 Å². The minimum Gasteiger partial charge on any atom is -0.379 e. The van der Waals surface area contributed by atoms with E-state index in [1.807, 2.05) is 0 Å². The molecular weight excluding hydrogens is 312 g/mol. The van der Waals surface area contributed by atoms with Gasteiger partial charge in [-0.25, -0.2) is 4.79 Å². The Morgan fingerprint density at radius 1 is 1.33 bits per heavy atom.